The van der Waals surface area contributed by atoms with Gasteiger partial charge in [0.2, 0.25) is 5.91 Å². The molecule has 0 aliphatic rings. The third-order valence-corrected chi connectivity index (χ3v) is 3.45. The Morgan fingerprint density at radius 1 is 1.30 bits per heavy atom. The first-order valence-electron chi connectivity index (χ1n) is 5.88. The smallest absolute Gasteiger partial charge is 0.252 e. The van der Waals surface area contributed by atoms with Gasteiger partial charge in [0.05, 0.1) is 12.1 Å². The summed E-state index contributed by atoms with van der Waals surface area (Å²) in [6.07, 6.45) is 1.72. The summed E-state index contributed by atoms with van der Waals surface area (Å²) in [7, 11) is 1.76. The summed E-state index contributed by atoms with van der Waals surface area (Å²) in [6.45, 7) is -0.0968. The lowest BCUT2D eigenvalue weighted by molar-refractivity contribution is -0.115. The first-order valence-corrected chi connectivity index (χ1v) is 6.96. The minimum absolute atomic E-state index is 0.0968. The van der Waals surface area contributed by atoms with Gasteiger partial charge in [-0.25, -0.2) is 0 Å². The summed E-state index contributed by atoms with van der Waals surface area (Å²) in [5.74, 6) is -0.129. The van der Waals surface area contributed by atoms with Crippen LogP contribution in [0.3, 0.4) is 0 Å². The molecule has 0 saturated heterocycles. The highest BCUT2D eigenvalue weighted by atomic mass is 127. The molecule has 0 unspecified atom stereocenters. The fraction of sp³-hybridized carbons (Fsp3) is 0.154. The van der Waals surface area contributed by atoms with Gasteiger partial charge in [0, 0.05) is 22.9 Å². The second-order valence-electron chi connectivity index (χ2n) is 4.09. The van der Waals surface area contributed by atoms with Gasteiger partial charge in [0.25, 0.3) is 5.91 Å². The molecular weight excluding hydrogens is 371 g/mol. The van der Waals surface area contributed by atoms with Crippen LogP contribution in [0.4, 0.5) is 5.82 Å². The van der Waals surface area contributed by atoms with Crippen LogP contribution in [0, 0.1) is 3.57 Å². The summed E-state index contributed by atoms with van der Waals surface area (Å²) >= 11 is 2.08. The molecule has 2 aromatic rings. The zero-order valence-electron chi connectivity index (χ0n) is 10.8. The maximum atomic E-state index is 11.9. The summed E-state index contributed by atoms with van der Waals surface area (Å²) in [5.41, 5.74) is 0.554. The third-order valence-electron chi connectivity index (χ3n) is 2.51. The quantitative estimate of drug-likeness (QED) is 0.783. The Kier molecular flexibility index (Phi) is 4.72. The van der Waals surface area contributed by atoms with E-state index in [1.165, 1.54) is 0 Å². The van der Waals surface area contributed by atoms with Gasteiger partial charge in [-0.3, -0.25) is 14.3 Å². The van der Waals surface area contributed by atoms with E-state index in [1.807, 2.05) is 12.1 Å². The number of anilines is 1. The second kappa shape index (κ2) is 6.51. The van der Waals surface area contributed by atoms with E-state index >= 15 is 0 Å². The predicted octanol–water partition coefficient (Wildman–Crippen LogP) is 1.39. The first-order chi connectivity index (χ1) is 9.56. The van der Waals surface area contributed by atoms with Crippen molar-refractivity contribution in [2.75, 3.05) is 11.9 Å². The molecule has 0 spiro atoms. The van der Waals surface area contributed by atoms with Gasteiger partial charge in [-0.15, -0.1) is 0 Å². The van der Waals surface area contributed by atoms with Crippen LogP contribution < -0.4 is 10.6 Å². The van der Waals surface area contributed by atoms with Crippen LogP contribution in [0.5, 0.6) is 0 Å². The molecule has 20 heavy (non-hydrogen) atoms. The Bertz CT molecular complexity index is 639. The molecule has 2 N–H and O–H groups in total. The summed E-state index contributed by atoms with van der Waals surface area (Å²) in [5, 5.41) is 9.19. The number of carbonyl (C=O) groups excluding carboxylic acids is 2. The Labute approximate surface area is 129 Å². The van der Waals surface area contributed by atoms with Crippen molar-refractivity contribution in [1.82, 2.24) is 15.1 Å². The molecule has 1 heterocycles. The van der Waals surface area contributed by atoms with E-state index in [0.29, 0.717) is 11.4 Å². The SMILES string of the molecule is Cn1ccc(NC(=O)CNC(=O)c2ccccc2I)n1. The van der Waals surface area contributed by atoms with Crippen molar-refractivity contribution < 1.29 is 9.59 Å². The molecule has 6 nitrogen and oxygen atoms in total. The molecule has 1 aromatic carbocycles. The molecule has 2 amide bonds. The first kappa shape index (κ1) is 14.5. The number of hydrogen-bond acceptors (Lipinski definition) is 3. The highest BCUT2D eigenvalue weighted by molar-refractivity contribution is 14.1. The van der Waals surface area contributed by atoms with E-state index in [0.717, 1.165) is 3.57 Å². The minimum Gasteiger partial charge on any atom is -0.343 e. The standard InChI is InChI=1S/C13H13IN4O2/c1-18-7-6-11(17-18)16-12(19)8-15-13(20)9-4-2-3-5-10(9)14/h2-7H,8H2,1H3,(H,15,20)(H,16,17,19). The molecule has 104 valence electrons. The zero-order valence-corrected chi connectivity index (χ0v) is 12.9. The van der Waals surface area contributed by atoms with Gasteiger partial charge in [-0.05, 0) is 34.7 Å². The van der Waals surface area contributed by atoms with Crippen LogP contribution in [-0.2, 0) is 11.8 Å². The number of halogens is 1. The molecule has 0 aliphatic carbocycles. The van der Waals surface area contributed by atoms with E-state index in [2.05, 4.69) is 38.3 Å². The molecule has 1 aromatic heterocycles. The monoisotopic (exact) mass is 384 g/mol. The fourth-order valence-corrected chi connectivity index (χ4v) is 2.20. The average Bonchev–Trinajstić information content (AvgIpc) is 2.82. The Hall–Kier alpha value is -1.90. The van der Waals surface area contributed by atoms with Crippen molar-refractivity contribution in [3.05, 3.63) is 45.7 Å². The van der Waals surface area contributed by atoms with Gasteiger partial charge in [0.15, 0.2) is 5.82 Å². The van der Waals surface area contributed by atoms with Crippen LogP contribution in [0.25, 0.3) is 0 Å². The Morgan fingerprint density at radius 2 is 2.05 bits per heavy atom. The summed E-state index contributed by atoms with van der Waals surface area (Å²) in [6, 6.07) is 8.87. The molecule has 0 atom stereocenters. The van der Waals surface area contributed by atoms with Crippen molar-refractivity contribution in [3.63, 3.8) is 0 Å². The van der Waals surface area contributed by atoms with Crippen molar-refractivity contribution in [2.24, 2.45) is 7.05 Å². The summed E-state index contributed by atoms with van der Waals surface area (Å²) < 4.78 is 2.42. The number of hydrogen-bond donors (Lipinski definition) is 2. The molecule has 0 bridgehead atoms. The highest BCUT2D eigenvalue weighted by Crippen LogP contribution is 2.10. The normalized spacial score (nSPS) is 10.1. The number of nitrogens with zero attached hydrogens (tertiary/aromatic N) is 2. The van der Waals surface area contributed by atoms with Gasteiger partial charge >= 0.3 is 0 Å². The molecule has 0 radical (unpaired) electrons. The van der Waals surface area contributed by atoms with E-state index in [-0.39, 0.29) is 18.4 Å². The van der Waals surface area contributed by atoms with E-state index in [1.54, 1.807) is 36.1 Å². The number of aryl methyl sites for hydroxylation is 1. The topological polar surface area (TPSA) is 76.0 Å². The molecular formula is C13H13IN4O2. The maximum absolute atomic E-state index is 11.9. The second-order valence-corrected chi connectivity index (χ2v) is 5.25. The largest absolute Gasteiger partial charge is 0.343 e. The van der Waals surface area contributed by atoms with Crippen LogP contribution >= 0.6 is 22.6 Å². The number of benzene rings is 1. The summed E-state index contributed by atoms with van der Waals surface area (Å²) in [4.78, 5) is 23.6. The lowest BCUT2D eigenvalue weighted by Gasteiger charge is -2.06. The minimum atomic E-state index is -0.317. The van der Waals surface area contributed by atoms with Gasteiger partial charge in [-0.2, -0.15) is 5.10 Å². The molecule has 0 saturated carbocycles. The molecule has 0 aliphatic heterocycles. The van der Waals surface area contributed by atoms with E-state index < -0.39 is 0 Å². The third kappa shape index (κ3) is 3.80. The van der Waals surface area contributed by atoms with E-state index in [9.17, 15) is 9.59 Å². The number of amides is 2. The average molecular weight is 384 g/mol. The van der Waals surface area contributed by atoms with Gasteiger partial charge < -0.3 is 10.6 Å². The van der Waals surface area contributed by atoms with Gasteiger partial charge in [-0.1, -0.05) is 12.1 Å². The maximum Gasteiger partial charge on any atom is 0.252 e. The highest BCUT2D eigenvalue weighted by Gasteiger charge is 2.11. The molecule has 2 rings (SSSR count). The molecule has 0 fully saturated rings. The molecule has 7 heteroatoms. The van der Waals surface area contributed by atoms with Crippen molar-refractivity contribution in [1.29, 1.82) is 0 Å². The van der Waals surface area contributed by atoms with Crippen LogP contribution in [-0.4, -0.2) is 28.1 Å². The number of nitrogens with one attached hydrogen (secondary N) is 2. The number of carbonyl (C=O) groups is 2. The van der Waals surface area contributed by atoms with Crippen LogP contribution in [0.1, 0.15) is 10.4 Å². The van der Waals surface area contributed by atoms with E-state index in [4.69, 9.17) is 0 Å². The number of aromatic nitrogens is 2. The van der Waals surface area contributed by atoms with Gasteiger partial charge in [0.1, 0.15) is 0 Å². The van der Waals surface area contributed by atoms with Crippen molar-refractivity contribution in [2.45, 2.75) is 0 Å². The Balaban J connectivity index is 1.87. The van der Waals surface area contributed by atoms with Crippen LogP contribution in [0.15, 0.2) is 36.5 Å². The van der Waals surface area contributed by atoms with Crippen molar-refractivity contribution in [3.8, 4) is 0 Å². The zero-order chi connectivity index (χ0) is 14.5. The lowest BCUT2D eigenvalue weighted by atomic mass is 10.2. The Morgan fingerprint density at radius 3 is 2.70 bits per heavy atom. The lowest BCUT2D eigenvalue weighted by Crippen LogP contribution is -2.33. The number of rotatable bonds is 4. The fourth-order valence-electron chi connectivity index (χ4n) is 1.57. The van der Waals surface area contributed by atoms with Crippen molar-refractivity contribution >= 4 is 40.2 Å². The predicted molar refractivity (Wildman–Crippen MR) is 83.3 cm³/mol. The van der Waals surface area contributed by atoms with Crippen LogP contribution in [0.2, 0.25) is 0 Å².